The lowest BCUT2D eigenvalue weighted by Crippen LogP contribution is -1.86. The molecule has 0 fully saturated rings. The molecule has 2 nitrogen and oxygen atoms in total. The molecule has 70 valence electrons. The largest absolute Gasteiger partial charge is 0.259 e. The number of benzene rings is 1. The monoisotopic (exact) mass is 224 g/mol. The molecule has 0 radical (unpaired) electrons. The predicted octanol–water partition coefficient (Wildman–Crippen LogP) is 3.45. The highest BCUT2D eigenvalue weighted by Gasteiger charge is 2.04. The normalized spacial score (nSPS) is 10.1. The van der Waals surface area contributed by atoms with Crippen LogP contribution in [0.3, 0.4) is 0 Å². The maximum atomic E-state index is 6.00. The van der Waals surface area contributed by atoms with E-state index in [0.717, 1.165) is 5.56 Å². The van der Waals surface area contributed by atoms with Gasteiger partial charge in [-0.25, -0.2) is 4.98 Å². The van der Waals surface area contributed by atoms with Gasteiger partial charge in [-0.05, 0) is 6.07 Å². The van der Waals surface area contributed by atoms with Crippen LogP contribution in [0.15, 0.2) is 36.7 Å². The molecule has 4 heteroatoms. The van der Waals surface area contributed by atoms with E-state index in [1.165, 1.54) is 6.20 Å². The Labute approximate surface area is 91.5 Å². The first kappa shape index (κ1) is 9.44. The van der Waals surface area contributed by atoms with E-state index in [4.69, 9.17) is 23.2 Å². The predicted molar refractivity (Wildman–Crippen MR) is 57.5 cm³/mol. The third kappa shape index (κ3) is 1.86. The van der Waals surface area contributed by atoms with Crippen LogP contribution in [0.4, 0.5) is 0 Å². The fourth-order valence-electron chi connectivity index (χ4n) is 1.14. The van der Waals surface area contributed by atoms with Crippen LogP contribution < -0.4 is 0 Å². The van der Waals surface area contributed by atoms with Crippen molar-refractivity contribution in [1.82, 2.24) is 9.97 Å². The van der Waals surface area contributed by atoms with Crippen LogP contribution in [0, 0.1) is 0 Å². The summed E-state index contributed by atoms with van der Waals surface area (Å²) in [5.74, 6) is 0. The quantitative estimate of drug-likeness (QED) is 0.742. The van der Waals surface area contributed by atoms with E-state index in [0.29, 0.717) is 15.9 Å². The van der Waals surface area contributed by atoms with Crippen LogP contribution >= 0.6 is 23.2 Å². The molecule has 0 saturated heterocycles. The van der Waals surface area contributed by atoms with E-state index in [1.54, 1.807) is 12.3 Å². The highest BCUT2D eigenvalue weighted by atomic mass is 35.5. The van der Waals surface area contributed by atoms with Crippen molar-refractivity contribution in [2.75, 3.05) is 0 Å². The topological polar surface area (TPSA) is 25.8 Å². The van der Waals surface area contributed by atoms with Gasteiger partial charge >= 0.3 is 0 Å². The molecule has 0 aliphatic heterocycles. The summed E-state index contributed by atoms with van der Waals surface area (Å²) in [5, 5.41) is 1.01. The highest BCUT2D eigenvalue weighted by Crippen LogP contribution is 2.25. The van der Waals surface area contributed by atoms with Gasteiger partial charge in [0.15, 0.2) is 0 Å². The molecule has 2 aromatic rings. The third-order valence-electron chi connectivity index (χ3n) is 1.75. The Kier molecular flexibility index (Phi) is 2.66. The lowest BCUT2D eigenvalue weighted by Gasteiger charge is -2.02. The first-order valence-electron chi connectivity index (χ1n) is 4.00. The Hall–Kier alpha value is -1.12. The molecule has 0 N–H and O–H groups in total. The van der Waals surface area contributed by atoms with E-state index in [-0.39, 0.29) is 0 Å². The summed E-state index contributed by atoms with van der Waals surface area (Å²) < 4.78 is 0. The molecule has 1 aromatic heterocycles. The van der Waals surface area contributed by atoms with Gasteiger partial charge in [-0.2, -0.15) is 0 Å². The van der Waals surface area contributed by atoms with Crippen LogP contribution in [-0.4, -0.2) is 9.97 Å². The molecule has 0 unspecified atom stereocenters. The molecule has 0 bridgehead atoms. The van der Waals surface area contributed by atoms with E-state index in [2.05, 4.69) is 9.97 Å². The number of hydrogen-bond donors (Lipinski definition) is 0. The van der Waals surface area contributed by atoms with Crippen LogP contribution in [0.25, 0.3) is 11.3 Å². The van der Waals surface area contributed by atoms with Gasteiger partial charge in [0.2, 0.25) is 0 Å². The molecule has 1 aromatic carbocycles. The molecule has 14 heavy (non-hydrogen) atoms. The highest BCUT2D eigenvalue weighted by molar-refractivity contribution is 6.33. The average Bonchev–Trinajstić information content (AvgIpc) is 2.18. The van der Waals surface area contributed by atoms with Gasteiger partial charge < -0.3 is 0 Å². The standard InChI is InChI=1S/C10H6Cl2N2/c11-8-4-2-1-3-7(8)9-5-13-6-10(12)14-9/h1-6H. The summed E-state index contributed by atoms with van der Waals surface area (Å²) in [6.07, 6.45) is 3.12. The second kappa shape index (κ2) is 3.95. The van der Waals surface area contributed by atoms with E-state index in [1.807, 2.05) is 18.2 Å². The molecule has 0 amide bonds. The summed E-state index contributed by atoms with van der Waals surface area (Å²) in [6.45, 7) is 0. The SMILES string of the molecule is Clc1cncc(-c2ccccc2Cl)n1. The molecule has 0 spiro atoms. The summed E-state index contributed by atoms with van der Waals surface area (Å²) in [6, 6.07) is 7.44. The van der Waals surface area contributed by atoms with Crippen molar-refractivity contribution in [3.05, 3.63) is 46.8 Å². The fourth-order valence-corrected chi connectivity index (χ4v) is 1.52. The van der Waals surface area contributed by atoms with Gasteiger partial charge in [-0.1, -0.05) is 41.4 Å². The fraction of sp³-hybridized carbons (Fsp3) is 0. The zero-order chi connectivity index (χ0) is 9.97. The molecule has 0 saturated carbocycles. The maximum absolute atomic E-state index is 6.00. The summed E-state index contributed by atoms with van der Waals surface area (Å²) in [4.78, 5) is 8.07. The minimum absolute atomic E-state index is 0.363. The van der Waals surface area contributed by atoms with Gasteiger partial charge in [0.1, 0.15) is 5.15 Å². The van der Waals surface area contributed by atoms with E-state index < -0.39 is 0 Å². The Morgan fingerprint density at radius 3 is 2.50 bits per heavy atom. The lowest BCUT2D eigenvalue weighted by atomic mass is 10.2. The van der Waals surface area contributed by atoms with Crippen molar-refractivity contribution in [3.63, 3.8) is 0 Å². The minimum atomic E-state index is 0.363. The van der Waals surface area contributed by atoms with Gasteiger partial charge in [0.05, 0.1) is 23.1 Å². The summed E-state index contributed by atoms with van der Waals surface area (Å²) in [7, 11) is 0. The average molecular weight is 225 g/mol. The summed E-state index contributed by atoms with van der Waals surface area (Å²) in [5.41, 5.74) is 1.52. The molecular formula is C10H6Cl2N2. The van der Waals surface area contributed by atoms with Crippen LogP contribution in [-0.2, 0) is 0 Å². The zero-order valence-corrected chi connectivity index (χ0v) is 8.63. The van der Waals surface area contributed by atoms with Crippen LogP contribution in [0.1, 0.15) is 0 Å². The Morgan fingerprint density at radius 1 is 1.00 bits per heavy atom. The van der Waals surface area contributed by atoms with Gasteiger partial charge in [-0.15, -0.1) is 0 Å². The second-order valence-electron chi connectivity index (χ2n) is 2.71. The molecule has 2 rings (SSSR count). The van der Waals surface area contributed by atoms with Gasteiger partial charge in [-0.3, -0.25) is 4.98 Å². The Morgan fingerprint density at radius 2 is 1.79 bits per heavy atom. The summed E-state index contributed by atoms with van der Waals surface area (Å²) >= 11 is 11.7. The lowest BCUT2D eigenvalue weighted by molar-refractivity contribution is 1.21. The van der Waals surface area contributed by atoms with Crippen molar-refractivity contribution in [2.45, 2.75) is 0 Å². The van der Waals surface area contributed by atoms with Gasteiger partial charge in [0.25, 0.3) is 0 Å². The number of rotatable bonds is 1. The Balaban J connectivity index is 2.55. The first-order chi connectivity index (χ1) is 6.77. The Bertz CT molecular complexity index is 457. The maximum Gasteiger partial charge on any atom is 0.148 e. The smallest absolute Gasteiger partial charge is 0.148 e. The molecular weight excluding hydrogens is 219 g/mol. The van der Waals surface area contributed by atoms with Crippen molar-refractivity contribution < 1.29 is 0 Å². The molecule has 0 aliphatic carbocycles. The number of hydrogen-bond acceptors (Lipinski definition) is 2. The van der Waals surface area contributed by atoms with Crippen molar-refractivity contribution in [3.8, 4) is 11.3 Å². The number of aromatic nitrogens is 2. The van der Waals surface area contributed by atoms with Crippen molar-refractivity contribution in [1.29, 1.82) is 0 Å². The minimum Gasteiger partial charge on any atom is -0.259 e. The number of nitrogens with zero attached hydrogens (tertiary/aromatic N) is 2. The van der Waals surface area contributed by atoms with Crippen LogP contribution in [0.5, 0.6) is 0 Å². The van der Waals surface area contributed by atoms with Crippen molar-refractivity contribution >= 4 is 23.2 Å². The van der Waals surface area contributed by atoms with E-state index >= 15 is 0 Å². The second-order valence-corrected chi connectivity index (χ2v) is 3.50. The first-order valence-corrected chi connectivity index (χ1v) is 4.75. The molecule has 1 heterocycles. The van der Waals surface area contributed by atoms with Crippen LogP contribution in [0.2, 0.25) is 10.2 Å². The molecule has 0 atom stereocenters. The van der Waals surface area contributed by atoms with Crippen molar-refractivity contribution in [2.24, 2.45) is 0 Å². The zero-order valence-electron chi connectivity index (χ0n) is 7.11. The number of halogens is 2. The van der Waals surface area contributed by atoms with Gasteiger partial charge in [0, 0.05) is 5.56 Å². The third-order valence-corrected chi connectivity index (χ3v) is 2.27. The molecule has 0 aliphatic rings. The van der Waals surface area contributed by atoms with E-state index in [9.17, 15) is 0 Å².